The molecule has 1 amide bonds. The third kappa shape index (κ3) is 5.43. The first-order valence-corrected chi connectivity index (χ1v) is 7.90. The number of rotatable bonds is 5. The third-order valence-corrected chi connectivity index (χ3v) is 4.42. The largest absolute Gasteiger partial charge is 0.348 e. The van der Waals surface area contributed by atoms with Crippen LogP contribution in [0.3, 0.4) is 0 Å². The molecule has 1 aliphatic heterocycles. The molecular formula is C16H25Cl2N3O. The zero-order chi connectivity index (χ0) is 15.2. The van der Waals surface area contributed by atoms with Crippen LogP contribution in [0.2, 0.25) is 5.02 Å². The molecule has 6 heteroatoms. The van der Waals surface area contributed by atoms with E-state index in [1.54, 1.807) is 0 Å². The van der Waals surface area contributed by atoms with Gasteiger partial charge in [0.2, 0.25) is 5.91 Å². The normalized spacial score (nSPS) is 16.9. The summed E-state index contributed by atoms with van der Waals surface area (Å²) < 4.78 is 0. The molecular weight excluding hydrogens is 321 g/mol. The minimum atomic E-state index is -0.0763. The summed E-state index contributed by atoms with van der Waals surface area (Å²) in [4.78, 5) is 14.3. The van der Waals surface area contributed by atoms with Gasteiger partial charge < -0.3 is 10.6 Å². The first-order valence-electron chi connectivity index (χ1n) is 7.52. The van der Waals surface area contributed by atoms with Crippen LogP contribution in [0.5, 0.6) is 0 Å². The van der Waals surface area contributed by atoms with Gasteiger partial charge in [-0.2, -0.15) is 0 Å². The number of amides is 1. The van der Waals surface area contributed by atoms with Crippen molar-refractivity contribution in [3.63, 3.8) is 0 Å². The molecule has 1 aliphatic rings. The molecule has 22 heavy (non-hydrogen) atoms. The van der Waals surface area contributed by atoms with Gasteiger partial charge >= 0.3 is 0 Å². The van der Waals surface area contributed by atoms with E-state index in [-0.39, 0.29) is 24.4 Å². The molecule has 124 valence electrons. The van der Waals surface area contributed by atoms with Gasteiger partial charge in [-0.25, -0.2) is 0 Å². The van der Waals surface area contributed by atoms with Crippen LogP contribution < -0.4 is 10.6 Å². The maximum absolute atomic E-state index is 12.2. The van der Waals surface area contributed by atoms with Crippen LogP contribution in [-0.4, -0.2) is 43.5 Å². The second-order valence-electron chi connectivity index (χ2n) is 5.71. The van der Waals surface area contributed by atoms with Crippen molar-refractivity contribution < 1.29 is 4.79 Å². The Labute approximate surface area is 144 Å². The highest BCUT2D eigenvalue weighted by molar-refractivity contribution is 6.31. The first-order chi connectivity index (χ1) is 10.1. The van der Waals surface area contributed by atoms with Crippen molar-refractivity contribution in [1.82, 2.24) is 15.5 Å². The Hall–Kier alpha value is -0.810. The molecule has 2 rings (SSSR count). The number of hydrogen-bond acceptors (Lipinski definition) is 3. The lowest BCUT2D eigenvalue weighted by Gasteiger charge is -2.31. The highest BCUT2D eigenvalue weighted by Gasteiger charge is 2.20. The Balaban J connectivity index is 0.00000242. The molecule has 1 unspecified atom stereocenters. The Morgan fingerprint density at radius 2 is 2.05 bits per heavy atom. The fourth-order valence-electron chi connectivity index (χ4n) is 2.79. The van der Waals surface area contributed by atoms with Gasteiger partial charge in [-0.3, -0.25) is 9.69 Å². The van der Waals surface area contributed by atoms with E-state index in [0.29, 0.717) is 17.6 Å². The predicted octanol–water partition coefficient (Wildman–Crippen LogP) is 2.62. The van der Waals surface area contributed by atoms with Gasteiger partial charge in [0.15, 0.2) is 0 Å². The van der Waals surface area contributed by atoms with Gasteiger partial charge in [0, 0.05) is 11.1 Å². The van der Waals surface area contributed by atoms with E-state index < -0.39 is 0 Å². The molecule has 1 heterocycles. The van der Waals surface area contributed by atoms with Crippen molar-refractivity contribution >= 4 is 29.9 Å². The molecule has 0 saturated carbocycles. The van der Waals surface area contributed by atoms with E-state index in [1.807, 2.05) is 38.2 Å². The van der Waals surface area contributed by atoms with Gasteiger partial charge in [0.25, 0.3) is 0 Å². The smallest absolute Gasteiger partial charge is 0.234 e. The fourth-order valence-corrected chi connectivity index (χ4v) is 3.09. The summed E-state index contributed by atoms with van der Waals surface area (Å²) in [5.41, 5.74) is 0.956. The highest BCUT2D eigenvalue weighted by atomic mass is 35.5. The van der Waals surface area contributed by atoms with Crippen molar-refractivity contribution in [3.05, 3.63) is 34.9 Å². The Morgan fingerprint density at radius 3 is 2.68 bits per heavy atom. The third-order valence-electron chi connectivity index (χ3n) is 4.07. The number of benzene rings is 1. The van der Waals surface area contributed by atoms with Crippen LogP contribution in [0.25, 0.3) is 0 Å². The first kappa shape index (κ1) is 19.2. The molecule has 0 spiro atoms. The number of carbonyl (C=O) groups is 1. The molecule has 1 aromatic carbocycles. The molecule has 1 saturated heterocycles. The molecule has 0 aliphatic carbocycles. The minimum absolute atomic E-state index is 0. The quantitative estimate of drug-likeness (QED) is 0.862. The van der Waals surface area contributed by atoms with E-state index >= 15 is 0 Å². The summed E-state index contributed by atoms with van der Waals surface area (Å²) in [6, 6.07) is 8.04. The lowest BCUT2D eigenvalue weighted by molar-refractivity contribution is -0.123. The monoisotopic (exact) mass is 345 g/mol. The summed E-state index contributed by atoms with van der Waals surface area (Å²) in [6.07, 6.45) is 2.20. The van der Waals surface area contributed by atoms with Gasteiger partial charge in [-0.05, 0) is 51.5 Å². The fraction of sp³-hybridized carbons (Fsp3) is 0.562. The zero-order valence-corrected chi connectivity index (χ0v) is 14.7. The number of likely N-dealkylation sites (N-methyl/N-ethyl adjacent to an activating group) is 1. The number of nitrogens with one attached hydrogen (secondary N) is 2. The second kappa shape index (κ2) is 9.36. The van der Waals surface area contributed by atoms with E-state index in [4.69, 9.17) is 11.6 Å². The summed E-state index contributed by atoms with van der Waals surface area (Å²) in [5.74, 6) is 0.0449. The molecule has 2 N–H and O–H groups in total. The lowest BCUT2D eigenvalue weighted by atomic mass is 10.1. The number of piperidine rings is 1. The summed E-state index contributed by atoms with van der Waals surface area (Å²) in [6.45, 7) is 4.46. The van der Waals surface area contributed by atoms with Crippen molar-refractivity contribution in [1.29, 1.82) is 0 Å². The van der Waals surface area contributed by atoms with Crippen molar-refractivity contribution in [2.75, 3.05) is 26.7 Å². The van der Waals surface area contributed by atoms with Crippen LogP contribution in [0.1, 0.15) is 31.4 Å². The standard InChI is InChI=1S/C16H24ClN3O.ClH/c1-12(14-5-3-4-6-15(14)17)19-16(21)11-20(2)13-7-9-18-10-8-13;/h3-6,12-13,18H,7-11H2,1-2H3,(H,19,21);1H. The average molecular weight is 346 g/mol. The second-order valence-corrected chi connectivity index (χ2v) is 6.11. The van der Waals surface area contributed by atoms with Crippen LogP contribution in [0.15, 0.2) is 24.3 Å². The van der Waals surface area contributed by atoms with Gasteiger partial charge in [-0.15, -0.1) is 12.4 Å². The van der Waals surface area contributed by atoms with E-state index in [9.17, 15) is 4.79 Å². The van der Waals surface area contributed by atoms with Crippen LogP contribution in [0.4, 0.5) is 0 Å². The topological polar surface area (TPSA) is 44.4 Å². The van der Waals surface area contributed by atoms with Gasteiger partial charge in [-0.1, -0.05) is 29.8 Å². The van der Waals surface area contributed by atoms with Gasteiger partial charge in [0.05, 0.1) is 12.6 Å². The molecule has 0 aromatic heterocycles. The number of halogens is 2. The zero-order valence-electron chi connectivity index (χ0n) is 13.1. The number of hydrogen-bond donors (Lipinski definition) is 2. The van der Waals surface area contributed by atoms with Crippen molar-refractivity contribution in [2.24, 2.45) is 0 Å². The van der Waals surface area contributed by atoms with E-state index in [0.717, 1.165) is 31.5 Å². The number of carbonyl (C=O) groups excluding carboxylic acids is 1. The Morgan fingerprint density at radius 1 is 1.41 bits per heavy atom. The summed E-state index contributed by atoms with van der Waals surface area (Å²) in [5, 5.41) is 7.06. The number of nitrogens with zero attached hydrogens (tertiary/aromatic N) is 1. The van der Waals surface area contributed by atoms with Crippen molar-refractivity contribution in [2.45, 2.75) is 31.8 Å². The Bertz CT molecular complexity index is 478. The molecule has 1 aromatic rings. The minimum Gasteiger partial charge on any atom is -0.348 e. The summed E-state index contributed by atoms with van der Waals surface area (Å²) >= 11 is 6.16. The summed E-state index contributed by atoms with van der Waals surface area (Å²) in [7, 11) is 2.02. The molecule has 0 radical (unpaired) electrons. The van der Waals surface area contributed by atoms with Crippen LogP contribution >= 0.6 is 24.0 Å². The van der Waals surface area contributed by atoms with Gasteiger partial charge in [0.1, 0.15) is 0 Å². The van der Waals surface area contributed by atoms with E-state index in [1.165, 1.54) is 0 Å². The van der Waals surface area contributed by atoms with Crippen molar-refractivity contribution in [3.8, 4) is 0 Å². The maximum Gasteiger partial charge on any atom is 0.234 e. The lowest BCUT2D eigenvalue weighted by Crippen LogP contribution is -2.45. The average Bonchev–Trinajstić information content (AvgIpc) is 2.48. The molecule has 0 bridgehead atoms. The molecule has 4 nitrogen and oxygen atoms in total. The predicted molar refractivity (Wildman–Crippen MR) is 93.8 cm³/mol. The van der Waals surface area contributed by atoms with Crippen LogP contribution in [0, 0.1) is 0 Å². The van der Waals surface area contributed by atoms with Crippen LogP contribution in [-0.2, 0) is 4.79 Å². The molecule has 1 fully saturated rings. The molecule has 1 atom stereocenters. The maximum atomic E-state index is 12.2. The SMILES string of the molecule is CC(NC(=O)CN(C)C1CCNCC1)c1ccccc1Cl.Cl. The Kier molecular flexibility index (Phi) is 8.18. The highest BCUT2D eigenvalue weighted by Crippen LogP contribution is 2.22. The van der Waals surface area contributed by atoms with E-state index in [2.05, 4.69) is 15.5 Å².